The lowest BCUT2D eigenvalue weighted by molar-refractivity contribution is -0.138. The Balaban J connectivity index is 1.87. The molecule has 0 aromatic heterocycles. The molecule has 2 N–H and O–H groups in total. The molecule has 2 aromatic carbocycles. The smallest absolute Gasteiger partial charge is 0.416 e. The largest absolute Gasteiger partial charge is 0.493 e. The van der Waals surface area contributed by atoms with Gasteiger partial charge in [0.05, 0.1) is 24.8 Å². The van der Waals surface area contributed by atoms with Gasteiger partial charge in [0.2, 0.25) is 0 Å². The molecular weight excluding hydrogens is 415 g/mol. The zero-order valence-electron chi connectivity index (χ0n) is 13.4. The van der Waals surface area contributed by atoms with Crippen LogP contribution < -0.4 is 10.1 Å². The Labute approximate surface area is 156 Å². The first kappa shape index (κ1) is 18.7. The van der Waals surface area contributed by atoms with Gasteiger partial charge < -0.3 is 15.2 Å². The van der Waals surface area contributed by atoms with Crippen molar-refractivity contribution in [2.24, 2.45) is 0 Å². The summed E-state index contributed by atoms with van der Waals surface area (Å²) in [6.07, 6.45) is -3.94. The summed E-state index contributed by atoms with van der Waals surface area (Å²) in [6.45, 7) is -0.127. The van der Waals surface area contributed by atoms with E-state index in [1.807, 2.05) is 0 Å². The Morgan fingerprint density at radius 2 is 2.04 bits per heavy atom. The fraction of sp³-hybridized carbons (Fsp3) is 0.278. The summed E-state index contributed by atoms with van der Waals surface area (Å²) in [7, 11) is 0. The zero-order chi connectivity index (χ0) is 18.9. The van der Waals surface area contributed by atoms with Crippen LogP contribution >= 0.6 is 15.9 Å². The van der Waals surface area contributed by atoms with Crippen LogP contribution in [-0.4, -0.2) is 24.2 Å². The highest BCUT2D eigenvalue weighted by Gasteiger charge is 2.35. The number of hydrogen-bond acceptors (Lipinski definition) is 3. The van der Waals surface area contributed by atoms with Gasteiger partial charge in [0.15, 0.2) is 0 Å². The SMILES string of the molecule is O=C(NC(CO)c1ccc(Br)cc1C(F)(F)F)c1ccc2c(c1)CCO2. The molecule has 4 nitrogen and oxygen atoms in total. The predicted molar refractivity (Wildman–Crippen MR) is 92.1 cm³/mol. The average Bonchev–Trinajstić information content (AvgIpc) is 3.06. The van der Waals surface area contributed by atoms with Gasteiger partial charge in [-0.25, -0.2) is 0 Å². The lowest BCUT2D eigenvalue weighted by Gasteiger charge is -2.21. The molecule has 1 atom stereocenters. The second-order valence-corrected chi connectivity index (χ2v) is 6.77. The molecule has 0 saturated carbocycles. The third-order valence-electron chi connectivity index (χ3n) is 4.14. The number of nitrogens with one attached hydrogen (secondary N) is 1. The van der Waals surface area contributed by atoms with E-state index in [0.29, 0.717) is 24.3 Å². The molecule has 138 valence electrons. The molecule has 1 heterocycles. The van der Waals surface area contributed by atoms with Gasteiger partial charge in [-0.2, -0.15) is 13.2 Å². The van der Waals surface area contributed by atoms with E-state index in [9.17, 15) is 23.1 Å². The summed E-state index contributed by atoms with van der Waals surface area (Å²) in [4.78, 5) is 12.5. The van der Waals surface area contributed by atoms with E-state index in [2.05, 4.69) is 21.2 Å². The number of ether oxygens (including phenoxy) is 1. The fourth-order valence-electron chi connectivity index (χ4n) is 2.87. The minimum atomic E-state index is -4.61. The van der Waals surface area contributed by atoms with E-state index < -0.39 is 30.3 Å². The predicted octanol–water partition coefficient (Wildman–Crippen LogP) is 3.87. The summed E-state index contributed by atoms with van der Waals surface area (Å²) >= 11 is 3.01. The first-order chi connectivity index (χ1) is 12.3. The standard InChI is InChI=1S/C18H15BrF3NO3/c19-12-2-3-13(14(8-12)18(20,21)22)15(9-24)23-17(25)11-1-4-16-10(7-11)5-6-26-16/h1-4,7-8,15,24H,5-6,9H2,(H,23,25). The molecule has 8 heteroatoms. The van der Waals surface area contributed by atoms with Crippen LogP contribution in [-0.2, 0) is 12.6 Å². The van der Waals surface area contributed by atoms with Crippen LogP contribution in [0.1, 0.15) is 33.1 Å². The van der Waals surface area contributed by atoms with E-state index in [0.717, 1.165) is 11.6 Å². The van der Waals surface area contributed by atoms with Gasteiger partial charge in [-0.1, -0.05) is 22.0 Å². The van der Waals surface area contributed by atoms with Crippen LogP contribution in [0.2, 0.25) is 0 Å². The number of rotatable bonds is 4. The first-order valence-corrected chi connectivity index (χ1v) is 8.63. The molecule has 26 heavy (non-hydrogen) atoms. The summed E-state index contributed by atoms with van der Waals surface area (Å²) in [6, 6.07) is 7.27. The molecular formula is C18H15BrF3NO3. The van der Waals surface area contributed by atoms with Crippen molar-refractivity contribution in [3.63, 3.8) is 0 Å². The number of alkyl halides is 3. The van der Waals surface area contributed by atoms with Crippen molar-refractivity contribution >= 4 is 21.8 Å². The fourth-order valence-corrected chi connectivity index (χ4v) is 3.23. The van der Waals surface area contributed by atoms with Gasteiger partial charge in [0.25, 0.3) is 5.91 Å². The molecule has 2 aromatic rings. The van der Waals surface area contributed by atoms with Gasteiger partial charge in [-0.15, -0.1) is 0 Å². The summed E-state index contributed by atoms with van der Waals surface area (Å²) < 4.78 is 45.5. The van der Waals surface area contributed by atoms with E-state index in [4.69, 9.17) is 4.74 Å². The quantitative estimate of drug-likeness (QED) is 0.775. The van der Waals surface area contributed by atoms with Gasteiger partial charge in [-0.05, 0) is 41.5 Å². The molecule has 1 amide bonds. The van der Waals surface area contributed by atoms with Gasteiger partial charge in [0, 0.05) is 16.5 Å². The van der Waals surface area contributed by atoms with E-state index >= 15 is 0 Å². The highest BCUT2D eigenvalue weighted by Crippen LogP contribution is 2.36. The van der Waals surface area contributed by atoms with Crippen LogP contribution in [0.25, 0.3) is 0 Å². The number of hydrogen-bond donors (Lipinski definition) is 2. The number of carbonyl (C=O) groups excluding carboxylic acids is 1. The molecule has 0 saturated heterocycles. The Bertz CT molecular complexity index is 839. The second-order valence-electron chi connectivity index (χ2n) is 5.86. The molecule has 1 aliphatic heterocycles. The third-order valence-corrected chi connectivity index (χ3v) is 4.63. The Hall–Kier alpha value is -2.06. The van der Waals surface area contributed by atoms with E-state index in [-0.39, 0.29) is 10.0 Å². The summed E-state index contributed by atoms with van der Waals surface area (Å²) in [5, 5.41) is 12.1. The molecule has 0 spiro atoms. The number of halogens is 4. The number of benzene rings is 2. The number of fused-ring (bicyclic) bond motifs is 1. The minimum absolute atomic E-state index is 0.193. The molecule has 0 radical (unpaired) electrons. The van der Waals surface area contributed by atoms with Gasteiger partial charge >= 0.3 is 6.18 Å². The maximum atomic E-state index is 13.3. The van der Waals surface area contributed by atoms with Crippen LogP contribution in [0.15, 0.2) is 40.9 Å². The number of carbonyl (C=O) groups is 1. The lowest BCUT2D eigenvalue weighted by Crippen LogP contribution is -2.32. The summed E-state index contributed by atoms with van der Waals surface area (Å²) in [5.74, 6) is 0.141. The highest BCUT2D eigenvalue weighted by molar-refractivity contribution is 9.10. The van der Waals surface area contributed by atoms with E-state index in [1.165, 1.54) is 12.1 Å². The zero-order valence-corrected chi connectivity index (χ0v) is 15.0. The lowest BCUT2D eigenvalue weighted by atomic mass is 9.99. The average molecular weight is 430 g/mol. The third kappa shape index (κ3) is 3.86. The van der Waals surface area contributed by atoms with Gasteiger partial charge in [-0.3, -0.25) is 4.79 Å². The highest BCUT2D eigenvalue weighted by atomic mass is 79.9. The van der Waals surface area contributed by atoms with Crippen molar-refractivity contribution < 1.29 is 27.8 Å². The van der Waals surface area contributed by atoms with Crippen molar-refractivity contribution in [3.05, 3.63) is 63.1 Å². The normalized spacial score (nSPS) is 14.5. The maximum Gasteiger partial charge on any atom is 0.416 e. The number of amides is 1. The van der Waals surface area contributed by atoms with Crippen LogP contribution in [0.5, 0.6) is 5.75 Å². The van der Waals surface area contributed by atoms with Crippen molar-refractivity contribution in [1.82, 2.24) is 5.32 Å². The molecule has 0 bridgehead atoms. The van der Waals surface area contributed by atoms with Crippen LogP contribution in [0.4, 0.5) is 13.2 Å². The molecule has 1 aliphatic rings. The topological polar surface area (TPSA) is 58.6 Å². The number of aliphatic hydroxyl groups excluding tert-OH is 1. The molecule has 0 aliphatic carbocycles. The monoisotopic (exact) mass is 429 g/mol. The Morgan fingerprint density at radius 1 is 1.27 bits per heavy atom. The van der Waals surface area contributed by atoms with Crippen LogP contribution in [0, 0.1) is 0 Å². The molecule has 3 rings (SSSR count). The second kappa shape index (κ2) is 7.28. The van der Waals surface area contributed by atoms with Crippen molar-refractivity contribution in [2.75, 3.05) is 13.2 Å². The first-order valence-electron chi connectivity index (χ1n) is 7.83. The number of aliphatic hydroxyl groups is 1. The van der Waals surface area contributed by atoms with Crippen molar-refractivity contribution in [3.8, 4) is 5.75 Å². The minimum Gasteiger partial charge on any atom is -0.493 e. The van der Waals surface area contributed by atoms with Crippen LogP contribution in [0.3, 0.4) is 0 Å². The Kier molecular flexibility index (Phi) is 5.24. The van der Waals surface area contributed by atoms with Gasteiger partial charge in [0.1, 0.15) is 5.75 Å². The van der Waals surface area contributed by atoms with Crippen molar-refractivity contribution in [2.45, 2.75) is 18.6 Å². The summed E-state index contributed by atoms with van der Waals surface area (Å²) in [5.41, 5.74) is 0.0748. The van der Waals surface area contributed by atoms with E-state index in [1.54, 1.807) is 18.2 Å². The Morgan fingerprint density at radius 3 is 2.73 bits per heavy atom. The maximum absolute atomic E-state index is 13.3. The van der Waals surface area contributed by atoms with Crippen molar-refractivity contribution in [1.29, 1.82) is 0 Å². The molecule has 0 fully saturated rings. The molecule has 1 unspecified atom stereocenters.